The lowest BCUT2D eigenvalue weighted by atomic mass is 10.1. The van der Waals surface area contributed by atoms with E-state index in [1.54, 1.807) is 12.1 Å². The Kier molecular flexibility index (Phi) is 3.42. The highest BCUT2D eigenvalue weighted by molar-refractivity contribution is 5.56. The fourth-order valence-electron chi connectivity index (χ4n) is 2.21. The number of morpholine rings is 1. The van der Waals surface area contributed by atoms with Crippen LogP contribution in [0, 0.1) is 6.92 Å². The highest BCUT2D eigenvalue weighted by atomic mass is 16.5. The summed E-state index contributed by atoms with van der Waals surface area (Å²) in [5.74, 6) is 1.27. The number of rotatable bonds is 2. The van der Waals surface area contributed by atoms with Crippen molar-refractivity contribution in [1.82, 2.24) is 15.0 Å². The van der Waals surface area contributed by atoms with E-state index in [1.807, 2.05) is 20.0 Å². The van der Waals surface area contributed by atoms with Crippen LogP contribution in [0.5, 0.6) is 5.75 Å². The highest BCUT2D eigenvalue weighted by Crippen LogP contribution is 2.26. The van der Waals surface area contributed by atoms with Crippen LogP contribution in [0.2, 0.25) is 0 Å². The van der Waals surface area contributed by atoms with E-state index in [2.05, 4.69) is 15.0 Å². The number of aromatic nitrogens is 2. The van der Waals surface area contributed by atoms with Crippen molar-refractivity contribution in [3.05, 3.63) is 29.6 Å². The number of phenolic OH excluding ortho intramolecular Hbond substituents is 1. The van der Waals surface area contributed by atoms with Crippen LogP contribution in [-0.4, -0.2) is 46.9 Å². The summed E-state index contributed by atoms with van der Waals surface area (Å²) in [6.45, 7) is 4.17. The molecule has 1 N–H and O–H groups in total. The lowest BCUT2D eigenvalue weighted by molar-refractivity contribution is -0.0264. The van der Waals surface area contributed by atoms with E-state index in [-0.39, 0.29) is 11.9 Å². The van der Waals surface area contributed by atoms with Crippen molar-refractivity contribution in [2.45, 2.75) is 13.0 Å². The quantitative estimate of drug-likeness (QED) is 0.900. The summed E-state index contributed by atoms with van der Waals surface area (Å²) in [6, 6.07) is 5.20. The molecule has 106 valence electrons. The van der Waals surface area contributed by atoms with Crippen LogP contribution >= 0.6 is 0 Å². The molecule has 3 rings (SSSR count). The highest BCUT2D eigenvalue weighted by Gasteiger charge is 2.24. The first-order chi connectivity index (χ1) is 9.63. The van der Waals surface area contributed by atoms with E-state index in [0.717, 1.165) is 24.2 Å². The molecular formula is C14H17N3O3. The molecule has 0 spiro atoms. The zero-order valence-electron chi connectivity index (χ0n) is 11.5. The third-order valence-electron chi connectivity index (χ3n) is 3.44. The number of nitrogens with zero attached hydrogens (tertiary/aromatic N) is 3. The van der Waals surface area contributed by atoms with Gasteiger partial charge in [0.1, 0.15) is 11.9 Å². The van der Waals surface area contributed by atoms with Crippen molar-refractivity contribution in [2.24, 2.45) is 0 Å². The second-order valence-electron chi connectivity index (χ2n) is 5.08. The summed E-state index contributed by atoms with van der Waals surface area (Å²) in [5, 5.41) is 13.5. The van der Waals surface area contributed by atoms with E-state index < -0.39 is 0 Å². The molecule has 1 aliphatic rings. The third-order valence-corrected chi connectivity index (χ3v) is 3.44. The summed E-state index contributed by atoms with van der Waals surface area (Å²) in [6.07, 6.45) is -0.149. The molecule has 0 amide bonds. The second kappa shape index (κ2) is 5.22. The molecule has 0 radical (unpaired) electrons. The zero-order chi connectivity index (χ0) is 14.1. The number of likely N-dealkylation sites (N-methyl/N-ethyl adjacent to an activating group) is 1. The molecule has 6 nitrogen and oxygen atoms in total. The molecule has 0 bridgehead atoms. The molecule has 1 atom stereocenters. The van der Waals surface area contributed by atoms with Gasteiger partial charge in [0, 0.05) is 18.7 Å². The molecule has 2 heterocycles. The van der Waals surface area contributed by atoms with Gasteiger partial charge >= 0.3 is 0 Å². The summed E-state index contributed by atoms with van der Waals surface area (Å²) in [4.78, 5) is 6.57. The summed E-state index contributed by atoms with van der Waals surface area (Å²) in [5.41, 5.74) is 1.57. The largest absolute Gasteiger partial charge is 0.508 e. The van der Waals surface area contributed by atoms with E-state index >= 15 is 0 Å². The van der Waals surface area contributed by atoms with Gasteiger partial charge in [0.05, 0.1) is 6.61 Å². The van der Waals surface area contributed by atoms with Gasteiger partial charge in [0.25, 0.3) is 5.89 Å². The van der Waals surface area contributed by atoms with Gasteiger partial charge in [-0.2, -0.15) is 4.98 Å². The second-order valence-corrected chi connectivity index (χ2v) is 5.08. The van der Waals surface area contributed by atoms with Gasteiger partial charge in [-0.25, -0.2) is 0 Å². The summed E-state index contributed by atoms with van der Waals surface area (Å²) >= 11 is 0. The Balaban J connectivity index is 1.84. The fourth-order valence-corrected chi connectivity index (χ4v) is 2.21. The van der Waals surface area contributed by atoms with E-state index in [4.69, 9.17) is 9.26 Å². The predicted octanol–water partition coefficient (Wildman–Crippen LogP) is 1.75. The van der Waals surface area contributed by atoms with Gasteiger partial charge < -0.3 is 19.3 Å². The molecule has 1 unspecified atom stereocenters. The van der Waals surface area contributed by atoms with E-state index in [0.29, 0.717) is 18.3 Å². The number of benzene rings is 1. The van der Waals surface area contributed by atoms with Crippen LogP contribution in [-0.2, 0) is 4.74 Å². The van der Waals surface area contributed by atoms with Gasteiger partial charge in [-0.3, -0.25) is 0 Å². The van der Waals surface area contributed by atoms with Gasteiger partial charge in [-0.05, 0) is 37.7 Å². The standard InChI is InChI=1S/C14H17N3O3/c1-9-7-10(3-4-11(9)18)14-15-13(16-20-14)12-8-17(2)5-6-19-12/h3-4,7,12,18H,5-6,8H2,1-2H3. The van der Waals surface area contributed by atoms with E-state index in [9.17, 15) is 5.11 Å². The molecule has 1 aromatic carbocycles. The SMILES string of the molecule is Cc1cc(-c2nc(C3CN(C)CCO3)no2)ccc1O. The van der Waals surface area contributed by atoms with Crippen molar-refractivity contribution in [3.8, 4) is 17.2 Å². The molecule has 6 heteroatoms. The Morgan fingerprint density at radius 1 is 1.40 bits per heavy atom. The lowest BCUT2D eigenvalue weighted by Crippen LogP contribution is -2.35. The number of aromatic hydroxyl groups is 1. The average molecular weight is 275 g/mol. The van der Waals surface area contributed by atoms with Gasteiger partial charge in [0.2, 0.25) is 5.82 Å². The topological polar surface area (TPSA) is 71.6 Å². The van der Waals surface area contributed by atoms with Crippen LogP contribution in [0.3, 0.4) is 0 Å². The monoisotopic (exact) mass is 275 g/mol. The predicted molar refractivity (Wildman–Crippen MR) is 72.3 cm³/mol. The third kappa shape index (κ3) is 2.52. The summed E-state index contributed by atoms with van der Waals surface area (Å²) < 4.78 is 11.0. The first-order valence-electron chi connectivity index (χ1n) is 6.57. The van der Waals surface area contributed by atoms with Gasteiger partial charge in [-0.15, -0.1) is 0 Å². The Morgan fingerprint density at radius 2 is 2.25 bits per heavy atom. The molecule has 20 heavy (non-hydrogen) atoms. The number of phenols is 1. The van der Waals surface area contributed by atoms with Crippen molar-refractivity contribution >= 4 is 0 Å². The van der Waals surface area contributed by atoms with Crippen LogP contribution in [0.1, 0.15) is 17.5 Å². The normalized spacial score (nSPS) is 20.2. The van der Waals surface area contributed by atoms with Crippen LogP contribution in [0.25, 0.3) is 11.5 Å². The maximum absolute atomic E-state index is 9.54. The minimum atomic E-state index is -0.149. The van der Waals surface area contributed by atoms with Gasteiger partial charge in [0.15, 0.2) is 0 Å². The molecular weight excluding hydrogens is 258 g/mol. The minimum absolute atomic E-state index is 0.149. The van der Waals surface area contributed by atoms with Crippen molar-refractivity contribution in [2.75, 3.05) is 26.7 Å². The number of aryl methyl sites for hydroxylation is 1. The van der Waals surface area contributed by atoms with E-state index in [1.165, 1.54) is 0 Å². The number of ether oxygens (including phenoxy) is 1. The molecule has 2 aromatic rings. The Hall–Kier alpha value is -1.92. The van der Waals surface area contributed by atoms with Crippen LogP contribution in [0.4, 0.5) is 0 Å². The lowest BCUT2D eigenvalue weighted by Gasteiger charge is -2.27. The van der Waals surface area contributed by atoms with Crippen LogP contribution in [0.15, 0.2) is 22.7 Å². The molecule has 1 aliphatic heterocycles. The Bertz CT molecular complexity index is 611. The number of hydrogen-bond donors (Lipinski definition) is 1. The van der Waals surface area contributed by atoms with Gasteiger partial charge in [-0.1, -0.05) is 5.16 Å². The molecule has 1 fully saturated rings. The van der Waals surface area contributed by atoms with Crippen molar-refractivity contribution in [3.63, 3.8) is 0 Å². The molecule has 1 saturated heterocycles. The minimum Gasteiger partial charge on any atom is -0.508 e. The van der Waals surface area contributed by atoms with Crippen LogP contribution < -0.4 is 0 Å². The zero-order valence-corrected chi connectivity index (χ0v) is 11.5. The molecule has 0 aliphatic carbocycles. The maximum Gasteiger partial charge on any atom is 0.258 e. The fraction of sp³-hybridized carbons (Fsp3) is 0.429. The first kappa shape index (κ1) is 13.1. The molecule has 1 aromatic heterocycles. The molecule has 0 saturated carbocycles. The first-order valence-corrected chi connectivity index (χ1v) is 6.57. The average Bonchev–Trinajstić information content (AvgIpc) is 2.92. The maximum atomic E-state index is 9.54. The summed E-state index contributed by atoms with van der Waals surface area (Å²) in [7, 11) is 2.04. The Morgan fingerprint density at radius 3 is 3.00 bits per heavy atom. The number of hydrogen-bond acceptors (Lipinski definition) is 6. The smallest absolute Gasteiger partial charge is 0.258 e. The van der Waals surface area contributed by atoms with Crippen molar-refractivity contribution < 1.29 is 14.4 Å². The Labute approximate surface area is 117 Å². The van der Waals surface area contributed by atoms with Crippen molar-refractivity contribution in [1.29, 1.82) is 0 Å².